The van der Waals surface area contributed by atoms with Gasteiger partial charge in [0.2, 0.25) is 35.4 Å². The van der Waals surface area contributed by atoms with Crippen LogP contribution in [-0.2, 0) is 35.2 Å². The molecule has 41 heavy (non-hydrogen) atoms. The van der Waals surface area contributed by atoms with Crippen LogP contribution >= 0.6 is 0 Å². The van der Waals surface area contributed by atoms with Gasteiger partial charge in [0, 0.05) is 32.4 Å². The Balaban J connectivity index is 2.10. The largest absolute Gasteiger partial charge is 0.356 e. The lowest BCUT2D eigenvalue weighted by atomic mass is 10.1. The van der Waals surface area contributed by atoms with E-state index in [-0.39, 0.29) is 49.9 Å². The molecule has 0 aliphatic carbocycles. The SMILES string of the molecule is CCCCCCC(=O)N[C@H]1CCC(=O)NCCCCNC(=O)CNC(=O)[C@@H](Cc2ccccc2)NC(=O)CNC1=O. The molecule has 0 bridgehead atoms. The van der Waals surface area contributed by atoms with Gasteiger partial charge in [-0.25, -0.2) is 0 Å². The molecule has 6 N–H and O–H groups in total. The third-order valence-electron chi connectivity index (χ3n) is 6.60. The second kappa shape index (κ2) is 19.2. The topological polar surface area (TPSA) is 175 Å². The Morgan fingerprint density at radius 3 is 2.17 bits per heavy atom. The van der Waals surface area contributed by atoms with E-state index < -0.39 is 36.3 Å². The first-order valence-corrected chi connectivity index (χ1v) is 14.5. The predicted molar refractivity (Wildman–Crippen MR) is 153 cm³/mol. The minimum Gasteiger partial charge on any atom is -0.356 e. The van der Waals surface area contributed by atoms with E-state index >= 15 is 0 Å². The molecule has 6 amide bonds. The Morgan fingerprint density at radius 2 is 1.46 bits per heavy atom. The standard InChI is InChI=1S/C29H44N6O6/c1-2-3-4-8-13-25(37)34-22-14-15-24(36)30-16-9-10-17-31-26(38)19-32-29(41)23(18-21-11-6-5-7-12-21)35-27(39)20-33-28(22)40/h5-7,11-12,22-23H,2-4,8-10,13-20H2,1H3,(H,30,36)(H,31,38)(H,32,41)(H,33,40)(H,34,37)(H,35,39)/t22-,23+/m0/s1. The van der Waals surface area contributed by atoms with Gasteiger partial charge in [0.15, 0.2) is 0 Å². The summed E-state index contributed by atoms with van der Waals surface area (Å²) in [4.78, 5) is 75.6. The first-order chi connectivity index (χ1) is 19.8. The van der Waals surface area contributed by atoms with E-state index in [1.54, 1.807) is 0 Å². The molecule has 1 saturated heterocycles. The van der Waals surface area contributed by atoms with Crippen molar-refractivity contribution in [2.75, 3.05) is 26.2 Å². The molecule has 0 aromatic heterocycles. The molecule has 0 spiro atoms. The van der Waals surface area contributed by atoms with E-state index in [0.29, 0.717) is 32.4 Å². The van der Waals surface area contributed by atoms with Crippen LogP contribution in [0.1, 0.15) is 70.3 Å². The summed E-state index contributed by atoms with van der Waals surface area (Å²) < 4.78 is 0. The van der Waals surface area contributed by atoms with Crippen molar-refractivity contribution in [1.82, 2.24) is 31.9 Å². The van der Waals surface area contributed by atoms with Gasteiger partial charge >= 0.3 is 0 Å². The molecule has 1 aromatic carbocycles. The maximum atomic E-state index is 13.0. The van der Waals surface area contributed by atoms with Crippen LogP contribution < -0.4 is 31.9 Å². The average Bonchev–Trinajstić information content (AvgIpc) is 2.96. The van der Waals surface area contributed by atoms with Crippen molar-refractivity contribution in [3.63, 3.8) is 0 Å². The highest BCUT2D eigenvalue weighted by atomic mass is 16.2. The lowest BCUT2D eigenvalue weighted by molar-refractivity contribution is -0.132. The second-order valence-corrected chi connectivity index (χ2v) is 10.1. The molecule has 1 aliphatic rings. The van der Waals surface area contributed by atoms with Crippen LogP contribution in [0.15, 0.2) is 30.3 Å². The maximum Gasteiger partial charge on any atom is 0.243 e. The number of benzene rings is 1. The quantitative estimate of drug-likeness (QED) is 0.243. The number of unbranched alkanes of at least 4 members (excludes halogenated alkanes) is 3. The van der Waals surface area contributed by atoms with Crippen LogP contribution in [0.25, 0.3) is 0 Å². The summed E-state index contributed by atoms with van der Waals surface area (Å²) in [6.45, 7) is 2.15. The molecule has 2 atom stereocenters. The van der Waals surface area contributed by atoms with Crippen molar-refractivity contribution in [2.45, 2.75) is 83.2 Å². The Hall–Kier alpha value is -3.96. The van der Waals surface area contributed by atoms with Gasteiger partial charge in [0.25, 0.3) is 0 Å². The number of amides is 6. The summed E-state index contributed by atoms with van der Waals surface area (Å²) in [5.41, 5.74) is 0.802. The molecule has 0 unspecified atom stereocenters. The van der Waals surface area contributed by atoms with Crippen LogP contribution in [0.3, 0.4) is 0 Å². The zero-order valence-corrected chi connectivity index (χ0v) is 23.9. The van der Waals surface area contributed by atoms with Gasteiger partial charge in [-0.15, -0.1) is 0 Å². The van der Waals surface area contributed by atoms with Gasteiger partial charge in [-0.05, 0) is 31.2 Å². The minimum absolute atomic E-state index is 0.0104. The summed E-state index contributed by atoms with van der Waals surface area (Å²) in [5, 5.41) is 15.9. The number of rotatable bonds is 8. The van der Waals surface area contributed by atoms with Gasteiger partial charge in [0.05, 0.1) is 13.1 Å². The van der Waals surface area contributed by atoms with Gasteiger partial charge in [-0.1, -0.05) is 56.5 Å². The molecule has 12 heteroatoms. The first kappa shape index (κ1) is 33.2. The minimum atomic E-state index is -0.989. The summed E-state index contributed by atoms with van der Waals surface area (Å²) in [6, 6.07) is 7.12. The van der Waals surface area contributed by atoms with Crippen molar-refractivity contribution >= 4 is 35.4 Å². The maximum absolute atomic E-state index is 13.0. The zero-order chi connectivity index (χ0) is 29.9. The van der Waals surface area contributed by atoms with Crippen molar-refractivity contribution in [2.24, 2.45) is 0 Å². The van der Waals surface area contributed by atoms with E-state index in [2.05, 4.69) is 38.8 Å². The Bertz CT molecular complexity index is 1020. The van der Waals surface area contributed by atoms with Gasteiger partial charge in [-0.2, -0.15) is 0 Å². The highest BCUT2D eigenvalue weighted by molar-refractivity contribution is 5.93. The number of carbonyl (C=O) groups is 6. The van der Waals surface area contributed by atoms with Gasteiger partial charge in [0.1, 0.15) is 12.1 Å². The third kappa shape index (κ3) is 14.3. The van der Waals surface area contributed by atoms with Crippen LogP contribution in [0.4, 0.5) is 0 Å². The number of hydrogen-bond donors (Lipinski definition) is 6. The molecule has 1 fully saturated rings. The van der Waals surface area contributed by atoms with Crippen LogP contribution in [0, 0.1) is 0 Å². The molecule has 0 saturated carbocycles. The summed E-state index contributed by atoms with van der Waals surface area (Å²) >= 11 is 0. The molecular formula is C29H44N6O6. The molecule has 12 nitrogen and oxygen atoms in total. The van der Waals surface area contributed by atoms with Crippen LogP contribution in [-0.4, -0.2) is 73.7 Å². The van der Waals surface area contributed by atoms with Crippen molar-refractivity contribution in [3.05, 3.63) is 35.9 Å². The fraction of sp³-hybridized carbons (Fsp3) is 0.586. The Labute approximate surface area is 241 Å². The lowest BCUT2D eigenvalue weighted by Gasteiger charge is -2.21. The van der Waals surface area contributed by atoms with E-state index in [1.165, 1.54) is 0 Å². The molecule has 1 heterocycles. The van der Waals surface area contributed by atoms with Crippen molar-refractivity contribution in [1.29, 1.82) is 0 Å². The number of nitrogens with one attached hydrogen (secondary N) is 6. The number of hydrogen-bond acceptors (Lipinski definition) is 6. The van der Waals surface area contributed by atoms with E-state index in [4.69, 9.17) is 0 Å². The third-order valence-corrected chi connectivity index (χ3v) is 6.60. The summed E-state index contributed by atoms with van der Waals surface area (Å²) in [5.74, 6) is -2.66. The lowest BCUT2D eigenvalue weighted by Crippen LogP contribution is -2.53. The highest BCUT2D eigenvalue weighted by Crippen LogP contribution is 2.06. The zero-order valence-electron chi connectivity index (χ0n) is 23.9. The second-order valence-electron chi connectivity index (χ2n) is 10.1. The Kier molecular flexibility index (Phi) is 15.5. The molecule has 226 valence electrons. The first-order valence-electron chi connectivity index (χ1n) is 14.5. The van der Waals surface area contributed by atoms with Crippen molar-refractivity contribution in [3.8, 4) is 0 Å². The monoisotopic (exact) mass is 572 g/mol. The van der Waals surface area contributed by atoms with Crippen LogP contribution in [0.5, 0.6) is 0 Å². The van der Waals surface area contributed by atoms with E-state index in [1.807, 2.05) is 30.3 Å². The van der Waals surface area contributed by atoms with Crippen molar-refractivity contribution < 1.29 is 28.8 Å². The molecule has 0 radical (unpaired) electrons. The highest BCUT2D eigenvalue weighted by Gasteiger charge is 2.25. The summed E-state index contributed by atoms with van der Waals surface area (Å²) in [7, 11) is 0. The number of carbonyl (C=O) groups excluding carboxylic acids is 6. The summed E-state index contributed by atoms with van der Waals surface area (Å²) in [6.07, 6.45) is 5.42. The van der Waals surface area contributed by atoms with Gasteiger partial charge < -0.3 is 31.9 Å². The molecule has 1 aliphatic heterocycles. The normalized spacial score (nSPS) is 20.5. The fourth-order valence-electron chi connectivity index (χ4n) is 4.27. The average molecular weight is 573 g/mol. The predicted octanol–water partition coefficient (Wildman–Crippen LogP) is 0.208. The van der Waals surface area contributed by atoms with E-state index in [0.717, 1.165) is 24.8 Å². The van der Waals surface area contributed by atoms with E-state index in [9.17, 15) is 28.8 Å². The van der Waals surface area contributed by atoms with Gasteiger partial charge in [-0.3, -0.25) is 28.8 Å². The fourth-order valence-corrected chi connectivity index (χ4v) is 4.27. The smallest absolute Gasteiger partial charge is 0.243 e. The molecule has 2 rings (SSSR count). The Morgan fingerprint density at radius 1 is 0.805 bits per heavy atom. The van der Waals surface area contributed by atoms with Crippen LogP contribution in [0.2, 0.25) is 0 Å². The molecular weight excluding hydrogens is 528 g/mol. The molecule has 1 aromatic rings.